The predicted molar refractivity (Wildman–Crippen MR) is 54.9 cm³/mol. The summed E-state index contributed by atoms with van der Waals surface area (Å²) in [5, 5.41) is 0. The third-order valence-electron chi connectivity index (χ3n) is 2.49. The highest BCUT2D eigenvalue weighted by Gasteiger charge is 2.34. The molecule has 0 aromatic heterocycles. The third kappa shape index (κ3) is 3.10. The SMILES string of the molecule is CSCC1(OC(N)=O)CCCCC1. The van der Waals surface area contributed by atoms with Crippen LogP contribution in [0.5, 0.6) is 0 Å². The zero-order valence-corrected chi connectivity index (χ0v) is 8.86. The minimum Gasteiger partial charge on any atom is -0.442 e. The Hall–Kier alpha value is -0.380. The molecule has 0 atom stereocenters. The fourth-order valence-electron chi connectivity index (χ4n) is 1.95. The molecule has 0 spiro atoms. The van der Waals surface area contributed by atoms with Gasteiger partial charge in [-0.2, -0.15) is 11.8 Å². The van der Waals surface area contributed by atoms with Gasteiger partial charge in [-0.25, -0.2) is 4.79 Å². The van der Waals surface area contributed by atoms with E-state index in [1.807, 2.05) is 6.26 Å². The minimum atomic E-state index is -0.629. The molecule has 1 fully saturated rings. The Balaban J connectivity index is 2.55. The normalized spacial score (nSPS) is 21.0. The largest absolute Gasteiger partial charge is 0.442 e. The molecule has 1 rings (SSSR count). The summed E-state index contributed by atoms with van der Waals surface area (Å²) in [5.74, 6) is 0.871. The highest BCUT2D eigenvalue weighted by atomic mass is 32.2. The maximum Gasteiger partial charge on any atom is 0.405 e. The lowest BCUT2D eigenvalue weighted by atomic mass is 9.86. The summed E-state index contributed by atoms with van der Waals surface area (Å²) in [4.78, 5) is 10.7. The van der Waals surface area contributed by atoms with Crippen molar-refractivity contribution >= 4 is 17.9 Å². The van der Waals surface area contributed by atoms with Gasteiger partial charge in [0.1, 0.15) is 5.60 Å². The molecule has 0 aliphatic heterocycles. The molecular formula is C9H17NO2S. The van der Waals surface area contributed by atoms with Crippen molar-refractivity contribution in [3.63, 3.8) is 0 Å². The molecule has 4 heteroatoms. The van der Waals surface area contributed by atoms with Gasteiger partial charge in [0.2, 0.25) is 0 Å². The van der Waals surface area contributed by atoms with Gasteiger partial charge < -0.3 is 10.5 Å². The Morgan fingerprint density at radius 3 is 2.54 bits per heavy atom. The molecule has 1 aliphatic rings. The van der Waals surface area contributed by atoms with E-state index in [0.29, 0.717) is 0 Å². The number of primary amides is 1. The highest BCUT2D eigenvalue weighted by Crippen LogP contribution is 2.33. The zero-order chi connectivity index (χ0) is 9.73. The lowest BCUT2D eigenvalue weighted by molar-refractivity contribution is 0.00695. The van der Waals surface area contributed by atoms with Crippen molar-refractivity contribution in [2.75, 3.05) is 12.0 Å². The molecule has 13 heavy (non-hydrogen) atoms. The summed E-state index contributed by atoms with van der Waals surface area (Å²) in [5.41, 5.74) is 4.81. The summed E-state index contributed by atoms with van der Waals surface area (Å²) in [6.45, 7) is 0. The second-order valence-corrected chi connectivity index (χ2v) is 4.46. The van der Waals surface area contributed by atoms with Gasteiger partial charge >= 0.3 is 6.09 Å². The second kappa shape index (κ2) is 4.74. The molecule has 0 heterocycles. The fourth-order valence-corrected chi connectivity index (χ4v) is 2.82. The molecule has 0 bridgehead atoms. The van der Waals surface area contributed by atoms with Gasteiger partial charge in [0, 0.05) is 5.75 Å². The number of ether oxygens (including phenoxy) is 1. The Bertz CT molecular complexity index is 173. The van der Waals surface area contributed by atoms with E-state index in [4.69, 9.17) is 10.5 Å². The Morgan fingerprint density at radius 2 is 2.08 bits per heavy atom. The van der Waals surface area contributed by atoms with Gasteiger partial charge in [-0.3, -0.25) is 0 Å². The minimum absolute atomic E-state index is 0.260. The van der Waals surface area contributed by atoms with Crippen LogP contribution in [-0.2, 0) is 4.74 Å². The quantitative estimate of drug-likeness (QED) is 0.764. The molecule has 3 nitrogen and oxygen atoms in total. The maximum atomic E-state index is 10.7. The first kappa shape index (κ1) is 10.7. The standard InChI is InChI=1S/C9H17NO2S/c1-13-7-9(12-8(10)11)5-3-2-4-6-9/h2-7H2,1H3,(H2,10,11). The molecule has 1 amide bonds. The Morgan fingerprint density at radius 1 is 1.46 bits per heavy atom. The lowest BCUT2D eigenvalue weighted by Gasteiger charge is -2.35. The van der Waals surface area contributed by atoms with E-state index in [2.05, 4.69) is 0 Å². The average Bonchev–Trinajstić information content (AvgIpc) is 2.04. The van der Waals surface area contributed by atoms with Gasteiger partial charge in [0.15, 0.2) is 0 Å². The molecule has 1 saturated carbocycles. The van der Waals surface area contributed by atoms with Crippen LogP contribution >= 0.6 is 11.8 Å². The first-order valence-electron chi connectivity index (χ1n) is 4.66. The molecular weight excluding hydrogens is 186 g/mol. The Kier molecular flexibility index (Phi) is 3.90. The summed E-state index contributed by atoms with van der Waals surface area (Å²) in [6, 6.07) is 0. The van der Waals surface area contributed by atoms with Crippen LogP contribution in [0.4, 0.5) is 4.79 Å². The lowest BCUT2D eigenvalue weighted by Crippen LogP contribution is -2.41. The van der Waals surface area contributed by atoms with E-state index in [9.17, 15) is 4.79 Å². The average molecular weight is 203 g/mol. The van der Waals surface area contributed by atoms with E-state index < -0.39 is 6.09 Å². The molecule has 0 aromatic rings. The van der Waals surface area contributed by atoms with Crippen molar-refractivity contribution in [1.82, 2.24) is 0 Å². The number of hydrogen-bond acceptors (Lipinski definition) is 3. The summed E-state index contributed by atoms with van der Waals surface area (Å²) in [7, 11) is 0. The summed E-state index contributed by atoms with van der Waals surface area (Å²) < 4.78 is 5.24. The number of nitrogens with two attached hydrogens (primary N) is 1. The van der Waals surface area contributed by atoms with Gasteiger partial charge in [0.05, 0.1) is 0 Å². The summed E-state index contributed by atoms with van der Waals surface area (Å²) in [6.07, 6.45) is 6.88. The van der Waals surface area contributed by atoms with Gasteiger partial charge in [-0.15, -0.1) is 0 Å². The van der Waals surface area contributed by atoms with Crippen molar-refractivity contribution < 1.29 is 9.53 Å². The molecule has 1 aliphatic carbocycles. The first-order valence-corrected chi connectivity index (χ1v) is 6.05. The monoisotopic (exact) mass is 203 g/mol. The third-order valence-corrected chi connectivity index (χ3v) is 3.30. The van der Waals surface area contributed by atoms with Crippen molar-refractivity contribution in [1.29, 1.82) is 0 Å². The van der Waals surface area contributed by atoms with Crippen molar-refractivity contribution in [2.45, 2.75) is 37.7 Å². The van der Waals surface area contributed by atoms with E-state index in [-0.39, 0.29) is 5.60 Å². The van der Waals surface area contributed by atoms with E-state index in [0.717, 1.165) is 31.4 Å². The van der Waals surface area contributed by atoms with E-state index in [1.54, 1.807) is 11.8 Å². The van der Waals surface area contributed by atoms with Gasteiger partial charge in [-0.1, -0.05) is 6.42 Å². The van der Waals surface area contributed by atoms with Crippen LogP contribution in [0.15, 0.2) is 0 Å². The van der Waals surface area contributed by atoms with Crippen molar-refractivity contribution in [2.24, 2.45) is 5.73 Å². The van der Waals surface area contributed by atoms with E-state index in [1.165, 1.54) is 6.42 Å². The number of carbonyl (C=O) groups excluding carboxylic acids is 1. The maximum absolute atomic E-state index is 10.7. The smallest absolute Gasteiger partial charge is 0.405 e. The number of amides is 1. The van der Waals surface area contributed by atoms with Crippen LogP contribution in [0.3, 0.4) is 0 Å². The van der Waals surface area contributed by atoms with Crippen LogP contribution < -0.4 is 5.73 Å². The molecule has 0 aromatic carbocycles. The molecule has 76 valence electrons. The Labute approximate surface area is 83.4 Å². The molecule has 0 unspecified atom stereocenters. The van der Waals surface area contributed by atoms with Crippen molar-refractivity contribution in [3.05, 3.63) is 0 Å². The van der Waals surface area contributed by atoms with Crippen LogP contribution in [0, 0.1) is 0 Å². The van der Waals surface area contributed by atoms with E-state index >= 15 is 0 Å². The number of rotatable bonds is 3. The van der Waals surface area contributed by atoms with Crippen LogP contribution in [0.2, 0.25) is 0 Å². The second-order valence-electron chi connectivity index (χ2n) is 3.60. The number of thioether (sulfide) groups is 1. The predicted octanol–water partition coefficient (Wildman–Crippen LogP) is 2.15. The number of carbonyl (C=O) groups is 1. The van der Waals surface area contributed by atoms with Gasteiger partial charge in [0.25, 0.3) is 0 Å². The first-order chi connectivity index (χ1) is 6.18. The van der Waals surface area contributed by atoms with Crippen LogP contribution in [-0.4, -0.2) is 23.7 Å². The highest BCUT2D eigenvalue weighted by molar-refractivity contribution is 7.98. The zero-order valence-electron chi connectivity index (χ0n) is 8.04. The van der Waals surface area contributed by atoms with Crippen LogP contribution in [0.1, 0.15) is 32.1 Å². The molecule has 2 N–H and O–H groups in total. The number of hydrogen-bond donors (Lipinski definition) is 1. The molecule has 0 radical (unpaired) electrons. The van der Waals surface area contributed by atoms with Crippen molar-refractivity contribution in [3.8, 4) is 0 Å². The topological polar surface area (TPSA) is 52.3 Å². The van der Waals surface area contributed by atoms with Gasteiger partial charge in [-0.05, 0) is 31.9 Å². The van der Waals surface area contributed by atoms with Crippen LogP contribution in [0.25, 0.3) is 0 Å². The molecule has 0 saturated heterocycles. The summed E-state index contributed by atoms with van der Waals surface area (Å²) >= 11 is 1.72. The fraction of sp³-hybridized carbons (Fsp3) is 0.889.